The van der Waals surface area contributed by atoms with Crippen molar-refractivity contribution in [3.8, 4) is 0 Å². The summed E-state index contributed by atoms with van der Waals surface area (Å²) in [6, 6.07) is 0.0510. The molecule has 4 nitrogen and oxygen atoms in total. The lowest BCUT2D eigenvalue weighted by Crippen LogP contribution is -2.38. The number of carboxylic acids is 1. The highest BCUT2D eigenvalue weighted by molar-refractivity contribution is 5.79. The zero-order chi connectivity index (χ0) is 13.0. The summed E-state index contributed by atoms with van der Waals surface area (Å²) >= 11 is 0. The predicted octanol–water partition coefficient (Wildman–Crippen LogP) is 2.04. The number of carbonyl (C=O) groups is 2. The Kier molecular flexibility index (Phi) is 4.97. The minimum atomic E-state index is -0.739. The van der Waals surface area contributed by atoms with Crippen LogP contribution in [0, 0.1) is 17.8 Å². The number of hydrogen-bond acceptors (Lipinski definition) is 2. The van der Waals surface area contributed by atoms with Gasteiger partial charge in [0.25, 0.3) is 0 Å². The second kappa shape index (κ2) is 6.03. The monoisotopic (exact) mass is 241 g/mol. The number of carbonyl (C=O) groups excluding carboxylic acids is 1. The molecule has 1 fully saturated rings. The Balaban J connectivity index is 2.40. The highest BCUT2D eigenvalue weighted by Crippen LogP contribution is 2.26. The molecule has 1 aliphatic carbocycles. The fourth-order valence-electron chi connectivity index (χ4n) is 2.28. The molecule has 0 heterocycles. The fraction of sp³-hybridized carbons (Fsp3) is 0.846. The van der Waals surface area contributed by atoms with E-state index in [1.807, 2.05) is 6.92 Å². The summed E-state index contributed by atoms with van der Waals surface area (Å²) in [6.07, 6.45) is 3.03. The van der Waals surface area contributed by atoms with Gasteiger partial charge in [0.05, 0.1) is 5.92 Å². The van der Waals surface area contributed by atoms with Gasteiger partial charge in [0.15, 0.2) is 0 Å². The van der Waals surface area contributed by atoms with Crippen molar-refractivity contribution < 1.29 is 14.7 Å². The summed E-state index contributed by atoms with van der Waals surface area (Å²) < 4.78 is 0. The largest absolute Gasteiger partial charge is 0.481 e. The third-order valence-corrected chi connectivity index (χ3v) is 4.04. The van der Waals surface area contributed by atoms with Gasteiger partial charge in [0.2, 0.25) is 5.91 Å². The molecule has 1 amide bonds. The van der Waals surface area contributed by atoms with E-state index in [1.54, 1.807) is 0 Å². The summed E-state index contributed by atoms with van der Waals surface area (Å²) in [6.45, 7) is 6.08. The summed E-state index contributed by atoms with van der Waals surface area (Å²) in [5, 5.41) is 11.9. The number of carboxylic acid groups (broad SMARTS) is 1. The summed E-state index contributed by atoms with van der Waals surface area (Å²) in [5.74, 6) is -0.582. The molecule has 0 aliphatic heterocycles. The molecule has 1 saturated carbocycles. The van der Waals surface area contributed by atoms with E-state index in [0.29, 0.717) is 18.8 Å². The molecule has 2 unspecified atom stereocenters. The minimum absolute atomic E-state index is 0.00359. The predicted molar refractivity (Wildman–Crippen MR) is 65.5 cm³/mol. The quantitative estimate of drug-likeness (QED) is 0.774. The smallest absolute Gasteiger partial charge is 0.306 e. The van der Waals surface area contributed by atoms with Crippen molar-refractivity contribution in [3.63, 3.8) is 0 Å². The standard InChI is InChI=1S/C13H23NO3/c1-4-8(2)9(3)12(15)14-11-6-5-10(7-11)13(16)17/h8-11H,4-7H2,1-3H3,(H,14,15)(H,16,17)/t8?,9?,10-,11+/m0/s1. The van der Waals surface area contributed by atoms with E-state index in [-0.39, 0.29) is 23.8 Å². The second-order valence-corrected chi connectivity index (χ2v) is 5.23. The van der Waals surface area contributed by atoms with Crippen LogP contribution < -0.4 is 5.32 Å². The zero-order valence-electron chi connectivity index (χ0n) is 10.9. The summed E-state index contributed by atoms with van der Waals surface area (Å²) in [5.41, 5.74) is 0. The normalized spacial score (nSPS) is 27.5. The highest BCUT2D eigenvalue weighted by atomic mass is 16.4. The number of amides is 1. The maximum Gasteiger partial charge on any atom is 0.306 e. The molecule has 4 heteroatoms. The van der Waals surface area contributed by atoms with Crippen LogP contribution in [0.25, 0.3) is 0 Å². The topological polar surface area (TPSA) is 66.4 Å². The van der Waals surface area contributed by atoms with E-state index in [9.17, 15) is 9.59 Å². The van der Waals surface area contributed by atoms with Crippen LogP contribution in [-0.4, -0.2) is 23.0 Å². The van der Waals surface area contributed by atoms with Gasteiger partial charge in [-0.3, -0.25) is 9.59 Å². The van der Waals surface area contributed by atoms with Crippen LogP contribution in [0.3, 0.4) is 0 Å². The van der Waals surface area contributed by atoms with Crippen LogP contribution in [0.15, 0.2) is 0 Å². The van der Waals surface area contributed by atoms with Gasteiger partial charge in [0, 0.05) is 12.0 Å². The van der Waals surface area contributed by atoms with Crippen molar-refractivity contribution in [1.29, 1.82) is 0 Å². The Labute approximate surface area is 103 Å². The number of hydrogen-bond donors (Lipinski definition) is 2. The first-order valence-electron chi connectivity index (χ1n) is 6.48. The van der Waals surface area contributed by atoms with Gasteiger partial charge in [0.1, 0.15) is 0 Å². The van der Waals surface area contributed by atoms with Gasteiger partial charge in [-0.2, -0.15) is 0 Å². The van der Waals surface area contributed by atoms with E-state index in [4.69, 9.17) is 5.11 Å². The first-order valence-corrected chi connectivity index (χ1v) is 6.48. The Morgan fingerprint density at radius 3 is 2.47 bits per heavy atom. The van der Waals surface area contributed by atoms with E-state index < -0.39 is 5.97 Å². The average molecular weight is 241 g/mol. The zero-order valence-corrected chi connectivity index (χ0v) is 10.9. The van der Waals surface area contributed by atoms with Crippen molar-refractivity contribution in [2.24, 2.45) is 17.8 Å². The molecule has 0 aromatic carbocycles. The van der Waals surface area contributed by atoms with Gasteiger partial charge in [-0.05, 0) is 25.2 Å². The van der Waals surface area contributed by atoms with Crippen molar-refractivity contribution in [2.45, 2.75) is 52.5 Å². The molecule has 0 aromatic rings. The average Bonchev–Trinajstić information content (AvgIpc) is 2.75. The maximum absolute atomic E-state index is 11.9. The molecule has 0 saturated heterocycles. The van der Waals surface area contributed by atoms with Crippen LogP contribution in [0.5, 0.6) is 0 Å². The van der Waals surface area contributed by atoms with Gasteiger partial charge < -0.3 is 10.4 Å². The lowest BCUT2D eigenvalue weighted by molar-refractivity contribution is -0.141. The van der Waals surface area contributed by atoms with Crippen LogP contribution in [0.4, 0.5) is 0 Å². The molecule has 0 aromatic heterocycles. The molecule has 0 spiro atoms. The van der Waals surface area contributed by atoms with Crippen LogP contribution in [0.1, 0.15) is 46.5 Å². The van der Waals surface area contributed by atoms with E-state index >= 15 is 0 Å². The van der Waals surface area contributed by atoms with Gasteiger partial charge in [-0.25, -0.2) is 0 Å². The Bertz CT molecular complexity index is 290. The van der Waals surface area contributed by atoms with Crippen molar-refractivity contribution >= 4 is 11.9 Å². The third-order valence-electron chi connectivity index (χ3n) is 4.04. The molecule has 2 N–H and O–H groups in total. The Morgan fingerprint density at radius 2 is 2.00 bits per heavy atom. The number of aliphatic carboxylic acids is 1. The second-order valence-electron chi connectivity index (χ2n) is 5.23. The molecule has 0 radical (unpaired) electrons. The SMILES string of the molecule is CCC(C)C(C)C(=O)N[C@@H]1CC[C@H](C(=O)O)C1. The molecule has 98 valence electrons. The van der Waals surface area contributed by atoms with Gasteiger partial charge >= 0.3 is 5.97 Å². The number of nitrogens with one attached hydrogen (secondary N) is 1. The first kappa shape index (κ1) is 14.0. The molecule has 4 atom stereocenters. The van der Waals surface area contributed by atoms with E-state index in [2.05, 4.69) is 19.2 Å². The fourth-order valence-corrected chi connectivity index (χ4v) is 2.28. The third kappa shape index (κ3) is 3.72. The Hall–Kier alpha value is -1.06. The molecular weight excluding hydrogens is 218 g/mol. The molecule has 17 heavy (non-hydrogen) atoms. The molecule has 1 aliphatic rings. The molecule has 1 rings (SSSR count). The lowest BCUT2D eigenvalue weighted by atomic mass is 9.92. The van der Waals surface area contributed by atoms with Crippen LogP contribution in [0.2, 0.25) is 0 Å². The van der Waals surface area contributed by atoms with E-state index in [1.165, 1.54) is 0 Å². The Morgan fingerprint density at radius 1 is 1.35 bits per heavy atom. The summed E-state index contributed by atoms with van der Waals surface area (Å²) in [4.78, 5) is 22.7. The lowest BCUT2D eigenvalue weighted by Gasteiger charge is -2.20. The molecule has 0 bridgehead atoms. The van der Waals surface area contributed by atoms with Crippen molar-refractivity contribution in [1.82, 2.24) is 5.32 Å². The first-order chi connectivity index (χ1) is 7.95. The maximum atomic E-state index is 11.9. The van der Waals surface area contributed by atoms with E-state index in [0.717, 1.165) is 12.8 Å². The summed E-state index contributed by atoms with van der Waals surface area (Å²) in [7, 11) is 0. The van der Waals surface area contributed by atoms with Crippen LogP contribution in [-0.2, 0) is 9.59 Å². The van der Waals surface area contributed by atoms with Gasteiger partial charge in [-0.1, -0.05) is 27.2 Å². The van der Waals surface area contributed by atoms with Gasteiger partial charge in [-0.15, -0.1) is 0 Å². The molecular formula is C13H23NO3. The van der Waals surface area contributed by atoms with Crippen LogP contribution >= 0.6 is 0 Å². The minimum Gasteiger partial charge on any atom is -0.481 e. The van der Waals surface area contributed by atoms with Crippen molar-refractivity contribution in [2.75, 3.05) is 0 Å². The highest BCUT2D eigenvalue weighted by Gasteiger charge is 2.31. The van der Waals surface area contributed by atoms with Crippen molar-refractivity contribution in [3.05, 3.63) is 0 Å². The number of rotatable bonds is 5.